The molecule has 0 saturated heterocycles. The molecule has 0 saturated carbocycles. The Morgan fingerprint density at radius 2 is 1.85 bits per heavy atom. The molecule has 0 bridgehead atoms. The first-order valence-electron chi connectivity index (χ1n) is 8.78. The van der Waals surface area contributed by atoms with Crippen molar-refractivity contribution in [1.82, 2.24) is 15.6 Å². The van der Waals surface area contributed by atoms with Crippen LogP contribution in [-0.2, 0) is 6.42 Å². The molecule has 0 spiro atoms. The van der Waals surface area contributed by atoms with E-state index in [1.54, 1.807) is 25.5 Å². The molecule has 1 aromatic carbocycles. The highest BCUT2D eigenvalue weighted by molar-refractivity contribution is 7.09. The first kappa shape index (κ1) is 20.0. The molecular weight excluding hydrogens is 348 g/mol. The van der Waals surface area contributed by atoms with Crippen molar-refractivity contribution in [2.75, 3.05) is 33.9 Å². The Morgan fingerprint density at radius 3 is 2.46 bits per heavy atom. The fourth-order valence-electron chi connectivity index (χ4n) is 2.24. The molecule has 2 N–H and O–H groups in total. The van der Waals surface area contributed by atoms with Gasteiger partial charge in [-0.1, -0.05) is 13.8 Å². The van der Waals surface area contributed by atoms with Crippen LogP contribution >= 0.6 is 11.3 Å². The lowest BCUT2D eigenvalue weighted by Crippen LogP contribution is -2.40. The lowest BCUT2D eigenvalue weighted by Gasteiger charge is -2.12. The summed E-state index contributed by atoms with van der Waals surface area (Å²) in [7, 11) is 3.41. The van der Waals surface area contributed by atoms with Crippen molar-refractivity contribution in [1.29, 1.82) is 0 Å². The second-order valence-electron chi connectivity index (χ2n) is 6.03. The number of thiazole rings is 1. The lowest BCUT2D eigenvalue weighted by molar-refractivity contribution is 0.321. The molecule has 0 radical (unpaired) electrons. The predicted octanol–water partition coefficient (Wildman–Crippen LogP) is 3.06. The normalized spacial score (nSPS) is 11.5. The number of rotatable bonds is 9. The third-order valence-corrected chi connectivity index (χ3v) is 4.88. The Bertz CT molecular complexity index is 683. The maximum Gasteiger partial charge on any atom is 0.191 e. The van der Waals surface area contributed by atoms with E-state index in [0.29, 0.717) is 19.1 Å². The van der Waals surface area contributed by atoms with Gasteiger partial charge < -0.3 is 20.1 Å². The standard InChI is InChI=1S/C19H28N4O2S/c1-14(2)18-23-15(13-26-18)9-10-21-19(20-3)22-11-12-25-17-7-5-16(24-4)6-8-17/h5-8,13-14H,9-12H2,1-4H3,(H2,20,21,22). The van der Waals surface area contributed by atoms with Crippen molar-refractivity contribution < 1.29 is 9.47 Å². The molecule has 1 heterocycles. The minimum atomic E-state index is 0.488. The van der Waals surface area contributed by atoms with Gasteiger partial charge in [-0.05, 0) is 24.3 Å². The number of aliphatic imine (C=N–C) groups is 1. The van der Waals surface area contributed by atoms with E-state index in [2.05, 4.69) is 39.8 Å². The van der Waals surface area contributed by atoms with Gasteiger partial charge >= 0.3 is 0 Å². The van der Waals surface area contributed by atoms with Crippen molar-refractivity contribution in [2.45, 2.75) is 26.2 Å². The Labute approximate surface area is 159 Å². The molecule has 6 nitrogen and oxygen atoms in total. The minimum absolute atomic E-state index is 0.488. The van der Waals surface area contributed by atoms with E-state index in [-0.39, 0.29) is 0 Å². The third kappa shape index (κ3) is 6.55. The molecule has 26 heavy (non-hydrogen) atoms. The van der Waals surface area contributed by atoms with Crippen LogP contribution in [0.4, 0.5) is 0 Å². The zero-order valence-electron chi connectivity index (χ0n) is 15.9. The molecule has 0 fully saturated rings. The second kappa shape index (κ2) is 10.7. The van der Waals surface area contributed by atoms with Gasteiger partial charge in [-0.3, -0.25) is 4.99 Å². The van der Waals surface area contributed by atoms with Gasteiger partial charge in [-0.15, -0.1) is 11.3 Å². The van der Waals surface area contributed by atoms with E-state index in [1.807, 2.05) is 24.3 Å². The van der Waals surface area contributed by atoms with E-state index < -0.39 is 0 Å². The van der Waals surface area contributed by atoms with E-state index in [9.17, 15) is 0 Å². The summed E-state index contributed by atoms with van der Waals surface area (Å²) >= 11 is 1.73. The van der Waals surface area contributed by atoms with Crippen molar-refractivity contribution >= 4 is 17.3 Å². The van der Waals surface area contributed by atoms with E-state index in [4.69, 9.17) is 9.47 Å². The number of hydrogen-bond acceptors (Lipinski definition) is 5. The van der Waals surface area contributed by atoms with Gasteiger partial charge in [0.1, 0.15) is 18.1 Å². The third-order valence-electron chi connectivity index (χ3n) is 3.68. The molecule has 1 aromatic heterocycles. The van der Waals surface area contributed by atoms with Crippen LogP contribution < -0.4 is 20.1 Å². The predicted molar refractivity (Wildman–Crippen MR) is 108 cm³/mol. The fourth-order valence-corrected chi connectivity index (χ4v) is 3.11. The van der Waals surface area contributed by atoms with Crippen LogP contribution in [0, 0.1) is 0 Å². The van der Waals surface area contributed by atoms with Crippen LogP contribution in [0.2, 0.25) is 0 Å². The average molecular weight is 377 g/mol. The van der Waals surface area contributed by atoms with Crippen LogP contribution in [0.5, 0.6) is 11.5 Å². The Balaban J connectivity index is 1.63. The number of nitrogens with one attached hydrogen (secondary N) is 2. The summed E-state index contributed by atoms with van der Waals surface area (Å²) in [5.41, 5.74) is 1.13. The first-order valence-corrected chi connectivity index (χ1v) is 9.66. The average Bonchev–Trinajstić information content (AvgIpc) is 3.13. The number of ether oxygens (including phenoxy) is 2. The fraction of sp³-hybridized carbons (Fsp3) is 0.474. The zero-order chi connectivity index (χ0) is 18.8. The molecule has 142 valence electrons. The van der Waals surface area contributed by atoms with Gasteiger partial charge in [-0.2, -0.15) is 0 Å². The number of hydrogen-bond donors (Lipinski definition) is 2. The van der Waals surface area contributed by atoms with Gasteiger partial charge in [0.2, 0.25) is 0 Å². The van der Waals surface area contributed by atoms with Gasteiger partial charge in [-0.25, -0.2) is 4.98 Å². The minimum Gasteiger partial charge on any atom is -0.497 e. The van der Waals surface area contributed by atoms with Crippen LogP contribution in [-0.4, -0.2) is 44.8 Å². The molecule has 0 aliphatic rings. The van der Waals surface area contributed by atoms with Crippen molar-refractivity contribution in [3.63, 3.8) is 0 Å². The molecule has 0 aliphatic heterocycles. The lowest BCUT2D eigenvalue weighted by atomic mass is 10.2. The molecule has 0 aliphatic carbocycles. The number of methoxy groups -OCH3 is 1. The van der Waals surface area contributed by atoms with E-state index in [0.717, 1.165) is 36.1 Å². The highest BCUT2D eigenvalue weighted by Crippen LogP contribution is 2.19. The van der Waals surface area contributed by atoms with Gasteiger partial charge in [0.05, 0.1) is 24.4 Å². The van der Waals surface area contributed by atoms with Gasteiger partial charge in [0, 0.05) is 31.3 Å². The SMILES string of the molecule is CN=C(NCCOc1ccc(OC)cc1)NCCc1csc(C(C)C)n1. The van der Waals surface area contributed by atoms with Crippen molar-refractivity contribution in [3.8, 4) is 11.5 Å². The Hall–Kier alpha value is -2.28. The molecular formula is C19H28N4O2S. The zero-order valence-corrected chi connectivity index (χ0v) is 16.7. The Morgan fingerprint density at radius 1 is 1.15 bits per heavy atom. The topological polar surface area (TPSA) is 67.8 Å². The summed E-state index contributed by atoms with van der Waals surface area (Å²) < 4.78 is 10.8. The van der Waals surface area contributed by atoms with Crippen LogP contribution in [0.15, 0.2) is 34.6 Å². The highest BCUT2D eigenvalue weighted by Gasteiger charge is 2.06. The highest BCUT2D eigenvalue weighted by atomic mass is 32.1. The summed E-state index contributed by atoms with van der Waals surface area (Å²) in [5.74, 6) is 2.89. The number of aromatic nitrogens is 1. The summed E-state index contributed by atoms with van der Waals surface area (Å²) in [5, 5.41) is 9.87. The molecule has 7 heteroatoms. The summed E-state index contributed by atoms with van der Waals surface area (Å²) in [6.45, 7) is 6.35. The second-order valence-corrected chi connectivity index (χ2v) is 6.92. The molecule has 0 unspecified atom stereocenters. The smallest absolute Gasteiger partial charge is 0.191 e. The maximum atomic E-state index is 5.69. The van der Waals surface area contributed by atoms with E-state index in [1.165, 1.54) is 5.01 Å². The van der Waals surface area contributed by atoms with Crippen LogP contribution in [0.25, 0.3) is 0 Å². The quantitative estimate of drug-likeness (QED) is 0.400. The molecule has 2 rings (SSSR count). The molecule has 2 aromatic rings. The summed E-state index contributed by atoms with van der Waals surface area (Å²) in [4.78, 5) is 8.87. The maximum absolute atomic E-state index is 5.69. The summed E-state index contributed by atoms with van der Waals surface area (Å²) in [6, 6.07) is 7.55. The number of nitrogens with zero attached hydrogens (tertiary/aromatic N) is 2. The van der Waals surface area contributed by atoms with Crippen molar-refractivity contribution in [2.24, 2.45) is 4.99 Å². The molecule has 0 atom stereocenters. The van der Waals surface area contributed by atoms with Gasteiger partial charge in [0.15, 0.2) is 5.96 Å². The van der Waals surface area contributed by atoms with Crippen LogP contribution in [0.3, 0.4) is 0 Å². The number of benzene rings is 1. The largest absolute Gasteiger partial charge is 0.497 e. The Kier molecular flexibility index (Phi) is 8.21. The number of guanidine groups is 1. The van der Waals surface area contributed by atoms with Gasteiger partial charge in [0.25, 0.3) is 0 Å². The molecule has 0 amide bonds. The van der Waals surface area contributed by atoms with Crippen LogP contribution in [0.1, 0.15) is 30.5 Å². The summed E-state index contributed by atoms with van der Waals surface area (Å²) in [6.07, 6.45) is 0.881. The van der Waals surface area contributed by atoms with Crippen molar-refractivity contribution in [3.05, 3.63) is 40.3 Å². The van der Waals surface area contributed by atoms with E-state index >= 15 is 0 Å². The first-order chi connectivity index (χ1) is 12.6. The monoisotopic (exact) mass is 376 g/mol.